The molecule has 0 saturated heterocycles. The maximum absolute atomic E-state index is 11.7. The predicted octanol–water partition coefficient (Wildman–Crippen LogP) is 0.793. The van der Waals surface area contributed by atoms with Gasteiger partial charge in [0, 0.05) is 20.0 Å². The monoisotopic (exact) mass is 254 g/mol. The molecule has 0 aliphatic carbocycles. The molecule has 0 aliphatic rings. The Balaban J connectivity index is 3.59. The second-order valence-corrected chi connectivity index (χ2v) is 3.77. The number of rotatable bonds is 8. The zero-order valence-electron chi connectivity index (χ0n) is 9.12. The van der Waals surface area contributed by atoms with Gasteiger partial charge in [-0.2, -0.15) is 0 Å². The van der Waals surface area contributed by atoms with Gasteiger partial charge in [0.05, 0.1) is 18.0 Å². The number of ether oxygens (including phenoxy) is 1. The molecule has 7 heteroatoms. The molecule has 0 fully saturated rings. The van der Waals surface area contributed by atoms with Gasteiger partial charge < -0.3 is 15.4 Å². The van der Waals surface area contributed by atoms with Crippen LogP contribution in [-0.2, 0) is 9.53 Å². The molecule has 0 aromatic carbocycles. The van der Waals surface area contributed by atoms with Crippen LogP contribution in [0.4, 0.5) is 8.78 Å². The van der Waals surface area contributed by atoms with Gasteiger partial charge in [-0.25, -0.2) is 8.78 Å². The van der Waals surface area contributed by atoms with Gasteiger partial charge in [0.1, 0.15) is 6.61 Å². The van der Waals surface area contributed by atoms with Crippen LogP contribution in [0.3, 0.4) is 0 Å². The van der Waals surface area contributed by atoms with Crippen molar-refractivity contribution in [3.63, 3.8) is 0 Å². The molecule has 0 spiro atoms. The third-order valence-corrected chi connectivity index (χ3v) is 2.03. The second kappa shape index (κ2) is 8.35. The smallest absolute Gasteiger partial charge is 0.261 e. The van der Waals surface area contributed by atoms with E-state index in [1.807, 2.05) is 0 Å². The fraction of sp³-hybridized carbons (Fsp3) is 0.778. The average Bonchev–Trinajstić information content (AvgIpc) is 2.20. The summed E-state index contributed by atoms with van der Waals surface area (Å²) in [5, 5.41) is 0. The van der Waals surface area contributed by atoms with Gasteiger partial charge in [-0.3, -0.25) is 4.79 Å². The van der Waals surface area contributed by atoms with Crippen LogP contribution in [0.15, 0.2) is 0 Å². The van der Waals surface area contributed by atoms with Crippen LogP contribution < -0.4 is 5.73 Å². The minimum Gasteiger partial charge on any atom is -0.393 e. The van der Waals surface area contributed by atoms with Gasteiger partial charge in [-0.15, -0.1) is 0 Å². The molecule has 0 aromatic heterocycles. The van der Waals surface area contributed by atoms with E-state index in [0.29, 0.717) is 18.0 Å². The van der Waals surface area contributed by atoms with Crippen LogP contribution >= 0.6 is 12.2 Å². The standard InChI is InChI=1S/C9H16F2N2O2S/c1-13(4-2-8(12)16)9(14)3-5-15-6-7(10)11/h7H,2-6H2,1H3,(H2,12,16). The fourth-order valence-corrected chi connectivity index (χ4v) is 1.02. The summed E-state index contributed by atoms with van der Waals surface area (Å²) in [6.45, 7) is -0.201. The van der Waals surface area contributed by atoms with E-state index >= 15 is 0 Å². The molecular weight excluding hydrogens is 238 g/mol. The van der Waals surface area contributed by atoms with Crippen LogP contribution in [-0.4, -0.2) is 49.0 Å². The lowest BCUT2D eigenvalue weighted by atomic mass is 10.3. The van der Waals surface area contributed by atoms with E-state index in [1.165, 1.54) is 4.90 Å². The molecule has 0 aliphatic heterocycles. The zero-order chi connectivity index (χ0) is 12.6. The number of hydrogen-bond acceptors (Lipinski definition) is 3. The van der Waals surface area contributed by atoms with E-state index in [4.69, 9.17) is 5.73 Å². The van der Waals surface area contributed by atoms with Crippen molar-refractivity contribution in [3.05, 3.63) is 0 Å². The van der Waals surface area contributed by atoms with E-state index < -0.39 is 13.0 Å². The van der Waals surface area contributed by atoms with Gasteiger partial charge in [0.25, 0.3) is 6.43 Å². The molecule has 0 radical (unpaired) electrons. The van der Waals surface area contributed by atoms with Crippen molar-refractivity contribution in [1.29, 1.82) is 0 Å². The van der Waals surface area contributed by atoms with Crippen LogP contribution in [0.1, 0.15) is 12.8 Å². The average molecular weight is 254 g/mol. The normalized spacial score (nSPS) is 10.5. The minimum atomic E-state index is -2.50. The molecule has 0 saturated carbocycles. The Morgan fingerprint density at radius 3 is 2.62 bits per heavy atom. The lowest BCUT2D eigenvalue weighted by molar-refractivity contribution is -0.131. The number of carbonyl (C=O) groups excluding carboxylic acids is 1. The Labute approximate surface area is 98.7 Å². The van der Waals surface area contributed by atoms with Crippen LogP contribution in [0, 0.1) is 0 Å². The summed E-state index contributed by atoms with van der Waals surface area (Å²) in [5.41, 5.74) is 5.28. The molecule has 2 N–H and O–H groups in total. The quantitative estimate of drug-likeness (QED) is 0.514. The molecule has 0 rings (SSSR count). The first-order valence-electron chi connectivity index (χ1n) is 4.81. The first-order valence-corrected chi connectivity index (χ1v) is 5.22. The van der Waals surface area contributed by atoms with E-state index in [-0.39, 0.29) is 18.9 Å². The topological polar surface area (TPSA) is 55.6 Å². The molecule has 16 heavy (non-hydrogen) atoms. The van der Waals surface area contributed by atoms with E-state index in [2.05, 4.69) is 17.0 Å². The number of carbonyl (C=O) groups is 1. The summed E-state index contributed by atoms with van der Waals surface area (Å²) in [5.74, 6) is -0.175. The fourth-order valence-electron chi connectivity index (χ4n) is 0.925. The van der Waals surface area contributed by atoms with Gasteiger partial charge in [-0.05, 0) is 0 Å². The molecule has 0 atom stereocenters. The van der Waals surface area contributed by atoms with Crippen LogP contribution in [0.25, 0.3) is 0 Å². The number of hydrogen-bond donors (Lipinski definition) is 1. The molecule has 4 nitrogen and oxygen atoms in total. The Morgan fingerprint density at radius 1 is 1.50 bits per heavy atom. The third kappa shape index (κ3) is 8.49. The molecular formula is C9H16F2N2O2S. The molecule has 0 bridgehead atoms. The van der Waals surface area contributed by atoms with Crippen molar-refractivity contribution in [3.8, 4) is 0 Å². The van der Waals surface area contributed by atoms with Crippen molar-refractivity contribution in [2.24, 2.45) is 5.73 Å². The maximum atomic E-state index is 11.7. The predicted molar refractivity (Wildman–Crippen MR) is 60.5 cm³/mol. The van der Waals surface area contributed by atoms with Gasteiger partial charge in [0.2, 0.25) is 5.91 Å². The minimum absolute atomic E-state index is 0.000580. The van der Waals surface area contributed by atoms with Crippen LogP contribution in [0.2, 0.25) is 0 Å². The Hall–Kier alpha value is -0.820. The summed E-state index contributed by atoms with van der Waals surface area (Å²) in [6.07, 6.45) is -1.96. The Bertz CT molecular complexity index is 240. The molecule has 94 valence electrons. The zero-order valence-corrected chi connectivity index (χ0v) is 9.93. The highest BCUT2D eigenvalue weighted by atomic mass is 32.1. The SMILES string of the molecule is CN(CCC(N)=S)C(=O)CCOCC(F)F. The number of nitrogens with zero attached hydrogens (tertiary/aromatic N) is 1. The van der Waals surface area contributed by atoms with Crippen molar-refractivity contribution >= 4 is 23.1 Å². The highest BCUT2D eigenvalue weighted by Gasteiger charge is 2.09. The molecule has 0 heterocycles. The van der Waals surface area contributed by atoms with Gasteiger partial charge >= 0.3 is 0 Å². The van der Waals surface area contributed by atoms with Gasteiger partial charge in [-0.1, -0.05) is 12.2 Å². The number of thiocarbonyl (C=S) groups is 1. The summed E-state index contributed by atoms with van der Waals surface area (Å²) < 4.78 is 28.0. The van der Waals surface area contributed by atoms with Crippen molar-refractivity contribution in [2.45, 2.75) is 19.3 Å². The molecule has 0 aromatic rings. The Morgan fingerprint density at radius 2 is 2.12 bits per heavy atom. The number of amides is 1. The maximum Gasteiger partial charge on any atom is 0.261 e. The first kappa shape index (κ1) is 15.2. The highest BCUT2D eigenvalue weighted by molar-refractivity contribution is 7.80. The van der Waals surface area contributed by atoms with Crippen molar-refractivity contribution < 1.29 is 18.3 Å². The summed E-state index contributed by atoms with van der Waals surface area (Å²) in [7, 11) is 1.60. The van der Waals surface area contributed by atoms with E-state index in [9.17, 15) is 13.6 Å². The van der Waals surface area contributed by atoms with E-state index in [0.717, 1.165) is 0 Å². The molecule has 1 amide bonds. The summed E-state index contributed by atoms with van der Waals surface area (Å²) >= 11 is 4.67. The highest BCUT2D eigenvalue weighted by Crippen LogP contribution is 1.97. The lowest BCUT2D eigenvalue weighted by Gasteiger charge is -2.16. The number of nitrogens with two attached hydrogens (primary N) is 1. The second-order valence-electron chi connectivity index (χ2n) is 3.25. The van der Waals surface area contributed by atoms with Crippen molar-refractivity contribution in [1.82, 2.24) is 4.90 Å². The summed E-state index contributed by atoms with van der Waals surface area (Å²) in [6, 6.07) is 0. The first-order chi connectivity index (χ1) is 7.43. The molecule has 0 unspecified atom stereocenters. The lowest BCUT2D eigenvalue weighted by Crippen LogP contribution is -2.30. The number of halogens is 2. The summed E-state index contributed by atoms with van der Waals surface area (Å²) in [4.78, 5) is 13.2. The van der Waals surface area contributed by atoms with Crippen molar-refractivity contribution in [2.75, 3.05) is 26.8 Å². The number of alkyl halides is 2. The Kier molecular flexibility index (Phi) is 7.92. The van der Waals surface area contributed by atoms with Gasteiger partial charge in [0.15, 0.2) is 0 Å². The van der Waals surface area contributed by atoms with E-state index in [1.54, 1.807) is 7.05 Å². The largest absolute Gasteiger partial charge is 0.393 e. The van der Waals surface area contributed by atoms with Crippen LogP contribution in [0.5, 0.6) is 0 Å². The third-order valence-electron chi connectivity index (χ3n) is 1.82.